The Morgan fingerprint density at radius 1 is 1.12 bits per heavy atom. The van der Waals surface area contributed by atoms with Crippen LogP contribution in [-0.4, -0.2) is 49.0 Å². The lowest BCUT2D eigenvalue weighted by Gasteiger charge is -2.33. The van der Waals surface area contributed by atoms with Gasteiger partial charge < -0.3 is 9.64 Å². The van der Waals surface area contributed by atoms with Crippen LogP contribution in [0, 0.1) is 5.82 Å². The molecule has 7 rings (SSSR count). The van der Waals surface area contributed by atoms with E-state index in [9.17, 15) is 4.79 Å². The average molecular weight is 558 g/mol. The predicted molar refractivity (Wildman–Crippen MR) is 149 cm³/mol. The summed E-state index contributed by atoms with van der Waals surface area (Å²) in [5.41, 5.74) is 2.87. The molecule has 0 saturated carbocycles. The van der Waals surface area contributed by atoms with E-state index >= 15 is 4.39 Å². The van der Waals surface area contributed by atoms with Crippen LogP contribution in [0.2, 0.25) is 5.02 Å². The lowest BCUT2D eigenvalue weighted by atomic mass is 10.1. The van der Waals surface area contributed by atoms with Crippen LogP contribution < -0.4 is 10.5 Å². The number of rotatable bonds is 5. The number of hydrogen-bond donors (Lipinski definition) is 0. The molecule has 0 amide bonds. The molecular formula is C29H25ClFN7O2. The van der Waals surface area contributed by atoms with Crippen LogP contribution in [0.25, 0.3) is 22.2 Å². The van der Waals surface area contributed by atoms with Gasteiger partial charge in [-0.25, -0.2) is 14.4 Å². The summed E-state index contributed by atoms with van der Waals surface area (Å²) in [6, 6.07) is 10.2. The van der Waals surface area contributed by atoms with Gasteiger partial charge in [0.15, 0.2) is 0 Å². The molecule has 2 aliphatic heterocycles. The molecule has 1 saturated heterocycles. The quantitative estimate of drug-likeness (QED) is 0.316. The van der Waals surface area contributed by atoms with E-state index in [0.717, 1.165) is 17.5 Å². The van der Waals surface area contributed by atoms with Crippen LogP contribution in [0.15, 0.2) is 66.0 Å². The number of nitrogens with zero attached hydrogens (tertiary/aromatic N) is 7. The van der Waals surface area contributed by atoms with E-state index < -0.39 is 5.82 Å². The molecule has 4 aromatic heterocycles. The molecule has 202 valence electrons. The Bertz CT molecular complexity index is 1790. The fraction of sp³-hybridized carbons (Fsp3) is 0.276. The second-order valence-corrected chi connectivity index (χ2v) is 10.5. The first-order valence-electron chi connectivity index (χ1n) is 13.2. The molecule has 2 aliphatic rings. The van der Waals surface area contributed by atoms with Crippen LogP contribution in [-0.2, 0) is 24.2 Å². The summed E-state index contributed by atoms with van der Waals surface area (Å²) in [5.74, 6) is 0.768. The van der Waals surface area contributed by atoms with Crippen molar-refractivity contribution in [2.75, 3.05) is 24.6 Å². The monoisotopic (exact) mass is 557 g/mol. The Morgan fingerprint density at radius 3 is 2.90 bits per heavy atom. The lowest BCUT2D eigenvalue weighted by Crippen LogP contribution is -2.39. The fourth-order valence-electron chi connectivity index (χ4n) is 5.47. The van der Waals surface area contributed by atoms with Gasteiger partial charge in [-0.1, -0.05) is 17.7 Å². The summed E-state index contributed by atoms with van der Waals surface area (Å²) in [4.78, 5) is 29.5. The Morgan fingerprint density at radius 2 is 2.05 bits per heavy atom. The highest BCUT2D eigenvalue weighted by Crippen LogP contribution is 2.33. The molecule has 9 nitrogen and oxygen atoms in total. The standard InChI is InChI=1S/C29H25ClFN7O2/c30-20-5-6-21(23(31)11-20)27-28-22(29(39)38-8-2-4-25(38)34-28)12-26(35-27)36-9-10-40-24(17-36)19-14-33-37(16-19)15-18-3-1-7-32-13-18/h1,3,5-7,11-14,16,24H,2,4,8-10,15,17H2/t24-/m1/s1. The van der Waals surface area contributed by atoms with Crippen LogP contribution in [0.4, 0.5) is 10.2 Å². The van der Waals surface area contributed by atoms with Gasteiger partial charge in [0.05, 0.1) is 24.7 Å². The first kappa shape index (κ1) is 24.9. The molecule has 0 N–H and O–H groups in total. The van der Waals surface area contributed by atoms with Crippen LogP contribution in [0.5, 0.6) is 0 Å². The Balaban J connectivity index is 1.26. The smallest absolute Gasteiger partial charge is 0.261 e. The number of anilines is 1. The van der Waals surface area contributed by atoms with E-state index in [-0.39, 0.29) is 22.2 Å². The summed E-state index contributed by atoms with van der Waals surface area (Å²) >= 11 is 6.04. The van der Waals surface area contributed by atoms with Crippen molar-refractivity contribution in [1.82, 2.24) is 29.3 Å². The maximum Gasteiger partial charge on any atom is 0.261 e. The zero-order valence-electron chi connectivity index (χ0n) is 21.5. The van der Waals surface area contributed by atoms with Crippen molar-refractivity contribution in [3.05, 3.63) is 99.3 Å². The molecule has 0 unspecified atom stereocenters. The van der Waals surface area contributed by atoms with Crippen molar-refractivity contribution in [3.63, 3.8) is 0 Å². The Hall–Kier alpha value is -4.15. The highest BCUT2D eigenvalue weighted by atomic mass is 35.5. The molecule has 0 aliphatic carbocycles. The predicted octanol–water partition coefficient (Wildman–Crippen LogP) is 4.41. The summed E-state index contributed by atoms with van der Waals surface area (Å²) in [6.07, 6.45) is 8.66. The molecule has 11 heteroatoms. The van der Waals surface area contributed by atoms with Crippen molar-refractivity contribution in [1.29, 1.82) is 0 Å². The third-order valence-corrected chi connectivity index (χ3v) is 7.69. The maximum absolute atomic E-state index is 15.2. The number of ether oxygens (including phenoxy) is 1. The summed E-state index contributed by atoms with van der Waals surface area (Å²) in [7, 11) is 0. The van der Waals surface area contributed by atoms with Gasteiger partial charge in [0.1, 0.15) is 34.8 Å². The van der Waals surface area contributed by atoms with Crippen molar-refractivity contribution >= 4 is 28.3 Å². The van der Waals surface area contributed by atoms with Crippen molar-refractivity contribution in [2.45, 2.75) is 32.0 Å². The van der Waals surface area contributed by atoms with E-state index in [1.54, 1.807) is 29.0 Å². The molecule has 40 heavy (non-hydrogen) atoms. The van der Waals surface area contributed by atoms with Crippen LogP contribution in [0.1, 0.15) is 29.5 Å². The molecular weight excluding hydrogens is 533 g/mol. The minimum absolute atomic E-state index is 0.127. The lowest BCUT2D eigenvalue weighted by molar-refractivity contribution is 0.0395. The number of halogens is 2. The van der Waals surface area contributed by atoms with Crippen LogP contribution in [0.3, 0.4) is 0 Å². The SMILES string of the molecule is O=c1c2cc(N3CCO[C@@H](c4cnn(Cc5cccnc5)c4)C3)nc(-c3ccc(Cl)cc3F)c2nc2n1CCC2. The normalized spacial score (nSPS) is 16.9. The van der Waals surface area contributed by atoms with Gasteiger partial charge in [0.2, 0.25) is 0 Å². The van der Waals surface area contributed by atoms with Crippen molar-refractivity contribution in [2.24, 2.45) is 0 Å². The average Bonchev–Trinajstić information content (AvgIpc) is 3.64. The number of morpholine rings is 1. The van der Waals surface area contributed by atoms with Gasteiger partial charge >= 0.3 is 0 Å². The van der Waals surface area contributed by atoms with Gasteiger partial charge in [-0.05, 0) is 42.3 Å². The maximum atomic E-state index is 15.2. The van der Waals surface area contributed by atoms with Gasteiger partial charge in [0.25, 0.3) is 5.56 Å². The largest absolute Gasteiger partial charge is 0.370 e. The molecule has 1 aromatic carbocycles. The molecule has 6 heterocycles. The van der Waals surface area contributed by atoms with Gasteiger partial charge in [-0.15, -0.1) is 0 Å². The summed E-state index contributed by atoms with van der Waals surface area (Å²) < 4.78 is 24.9. The van der Waals surface area contributed by atoms with Gasteiger partial charge in [0, 0.05) is 60.8 Å². The Labute approximate surface area is 233 Å². The zero-order chi connectivity index (χ0) is 27.2. The topological polar surface area (TPSA) is 91.0 Å². The second-order valence-electron chi connectivity index (χ2n) is 10.1. The molecule has 1 atom stereocenters. The van der Waals surface area contributed by atoms with Gasteiger partial charge in [-0.3, -0.25) is 19.0 Å². The molecule has 0 bridgehead atoms. The molecule has 1 fully saturated rings. The highest BCUT2D eigenvalue weighted by molar-refractivity contribution is 6.30. The number of fused-ring (bicyclic) bond motifs is 2. The number of aromatic nitrogens is 6. The van der Waals surface area contributed by atoms with E-state index in [0.29, 0.717) is 67.4 Å². The minimum Gasteiger partial charge on any atom is -0.370 e. The highest BCUT2D eigenvalue weighted by Gasteiger charge is 2.27. The molecule has 0 spiro atoms. The molecule has 0 radical (unpaired) electrons. The zero-order valence-corrected chi connectivity index (χ0v) is 22.3. The minimum atomic E-state index is -0.512. The fourth-order valence-corrected chi connectivity index (χ4v) is 5.63. The van der Waals surface area contributed by atoms with E-state index in [1.807, 2.05) is 35.4 Å². The first-order valence-corrected chi connectivity index (χ1v) is 13.6. The van der Waals surface area contributed by atoms with Crippen LogP contribution >= 0.6 is 11.6 Å². The molecule has 5 aromatic rings. The van der Waals surface area contributed by atoms with Crippen molar-refractivity contribution in [3.8, 4) is 11.3 Å². The second kappa shape index (κ2) is 10.1. The van der Waals surface area contributed by atoms with Gasteiger partial charge in [-0.2, -0.15) is 5.10 Å². The summed E-state index contributed by atoms with van der Waals surface area (Å²) in [6.45, 7) is 2.76. The Kier molecular flexibility index (Phi) is 6.28. The number of aryl methyl sites for hydroxylation is 1. The number of hydrogen-bond acceptors (Lipinski definition) is 7. The third kappa shape index (κ3) is 4.52. The third-order valence-electron chi connectivity index (χ3n) is 7.46. The summed E-state index contributed by atoms with van der Waals surface area (Å²) in [5, 5.41) is 5.22. The first-order chi connectivity index (χ1) is 19.5. The number of benzene rings is 1. The number of pyridine rings is 2. The van der Waals surface area contributed by atoms with E-state index in [4.69, 9.17) is 26.3 Å². The van der Waals surface area contributed by atoms with E-state index in [2.05, 4.69) is 15.0 Å². The van der Waals surface area contributed by atoms with E-state index in [1.165, 1.54) is 6.07 Å². The van der Waals surface area contributed by atoms with Crippen molar-refractivity contribution < 1.29 is 9.13 Å².